The highest BCUT2D eigenvalue weighted by Gasteiger charge is 2.28. The predicted octanol–water partition coefficient (Wildman–Crippen LogP) is 0.255. The van der Waals surface area contributed by atoms with E-state index in [-0.39, 0.29) is 6.04 Å². The summed E-state index contributed by atoms with van der Waals surface area (Å²) in [6.07, 6.45) is 3.64. The van der Waals surface area contributed by atoms with Crippen molar-refractivity contribution >= 4 is 16.0 Å². The number of carbonyl (C=O) groups is 1. The average molecular weight is 278 g/mol. The molecule has 0 aromatic carbocycles. The fourth-order valence-electron chi connectivity index (χ4n) is 2.08. The van der Waals surface area contributed by atoms with Crippen LogP contribution in [0.2, 0.25) is 0 Å². The van der Waals surface area contributed by atoms with E-state index in [2.05, 4.69) is 5.32 Å². The highest BCUT2D eigenvalue weighted by atomic mass is 32.2. The second-order valence-corrected chi connectivity index (χ2v) is 6.62. The van der Waals surface area contributed by atoms with Crippen LogP contribution in [0.25, 0.3) is 0 Å². The molecule has 1 saturated heterocycles. The van der Waals surface area contributed by atoms with Crippen molar-refractivity contribution < 1.29 is 18.3 Å². The molecule has 0 aromatic heterocycles. The van der Waals surface area contributed by atoms with Crippen LogP contribution in [0, 0.1) is 0 Å². The van der Waals surface area contributed by atoms with Gasteiger partial charge in [-0.3, -0.25) is 4.79 Å². The zero-order valence-corrected chi connectivity index (χ0v) is 11.6. The van der Waals surface area contributed by atoms with Crippen LogP contribution < -0.4 is 5.32 Å². The standard InChI is InChI=1S/C11H22N2O4S/c1-2-3-7-13(8-10-5-4-6-12-10)18(16,17)9-11(14)15/h10,12H,2-9H2,1H3,(H,14,15). The maximum atomic E-state index is 12.0. The Labute approximate surface area is 108 Å². The van der Waals surface area contributed by atoms with Gasteiger partial charge in [0.25, 0.3) is 0 Å². The van der Waals surface area contributed by atoms with Gasteiger partial charge in [-0.1, -0.05) is 13.3 Å². The van der Waals surface area contributed by atoms with Gasteiger partial charge < -0.3 is 10.4 Å². The number of carboxylic acids is 1. The first kappa shape index (κ1) is 15.4. The Balaban J connectivity index is 2.66. The van der Waals surface area contributed by atoms with Crippen LogP contribution in [0.1, 0.15) is 32.6 Å². The normalized spacial score (nSPS) is 20.4. The molecule has 0 amide bonds. The van der Waals surface area contributed by atoms with Crippen molar-refractivity contribution in [3.8, 4) is 0 Å². The van der Waals surface area contributed by atoms with E-state index >= 15 is 0 Å². The number of rotatable bonds is 8. The molecule has 1 atom stereocenters. The number of hydrogen-bond donors (Lipinski definition) is 2. The van der Waals surface area contributed by atoms with E-state index in [9.17, 15) is 13.2 Å². The smallest absolute Gasteiger partial charge is 0.320 e. The lowest BCUT2D eigenvalue weighted by Gasteiger charge is -2.24. The summed E-state index contributed by atoms with van der Waals surface area (Å²) in [7, 11) is -3.69. The number of hydrogen-bond acceptors (Lipinski definition) is 4. The first-order chi connectivity index (χ1) is 8.45. The third-order valence-corrected chi connectivity index (χ3v) is 4.78. The molecule has 18 heavy (non-hydrogen) atoms. The van der Waals surface area contributed by atoms with Crippen LogP contribution in [0.4, 0.5) is 0 Å². The van der Waals surface area contributed by atoms with Crippen molar-refractivity contribution in [2.24, 2.45) is 0 Å². The minimum atomic E-state index is -3.69. The summed E-state index contributed by atoms with van der Waals surface area (Å²) < 4.78 is 25.2. The largest absolute Gasteiger partial charge is 0.480 e. The van der Waals surface area contributed by atoms with Crippen molar-refractivity contribution in [3.63, 3.8) is 0 Å². The molecule has 1 rings (SSSR count). The number of sulfonamides is 1. The van der Waals surface area contributed by atoms with Gasteiger partial charge in [0.05, 0.1) is 0 Å². The third kappa shape index (κ3) is 4.91. The maximum Gasteiger partial charge on any atom is 0.320 e. The van der Waals surface area contributed by atoms with E-state index in [0.29, 0.717) is 13.1 Å². The van der Waals surface area contributed by atoms with Gasteiger partial charge in [-0.25, -0.2) is 8.42 Å². The second-order valence-electron chi connectivity index (χ2n) is 4.65. The van der Waals surface area contributed by atoms with E-state index in [4.69, 9.17) is 5.11 Å². The lowest BCUT2D eigenvalue weighted by atomic mass is 10.2. The molecular formula is C11H22N2O4S. The van der Waals surface area contributed by atoms with E-state index in [1.54, 1.807) is 0 Å². The molecule has 0 aromatic rings. The summed E-state index contributed by atoms with van der Waals surface area (Å²) in [5.41, 5.74) is 0. The fourth-order valence-corrected chi connectivity index (χ4v) is 3.39. The SMILES string of the molecule is CCCCN(CC1CCCN1)S(=O)(=O)CC(=O)O. The Kier molecular flexibility index (Phi) is 6.04. The first-order valence-corrected chi connectivity index (χ1v) is 7.99. The van der Waals surface area contributed by atoms with E-state index in [1.165, 1.54) is 4.31 Å². The van der Waals surface area contributed by atoms with Crippen molar-refractivity contribution in [1.29, 1.82) is 0 Å². The quantitative estimate of drug-likeness (QED) is 0.665. The zero-order chi connectivity index (χ0) is 13.6. The summed E-state index contributed by atoms with van der Waals surface area (Å²) in [6.45, 7) is 3.68. The van der Waals surface area contributed by atoms with Crippen LogP contribution in [0.5, 0.6) is 0 Å². The molecular weight excluding hydrogens is 256 g/mol. The molecule has 6 nitrogen and oxygen atoms in total. The molecule has 0 radical (unpaired) electrons. The minimum Gasteiger partial charge on any atom is -0.480 e. The van der Waals surface area contributed by atoms with Crippen LogP contribution >= 0.6 is 0 Å². The highest BCUT2D eigenvalue weighted by molar-refractivity contribution is 7.89. The Bertz CT molecular complexity index is 363. The molecule has 0 spiro atoms. The molecule has 7 heteroatoms. The predicted molar refractivity (Wildman–Crippen MR) is 68.9 cm³/mol. The number of carboxylic acid groups (broad SMARTS) is 1. The van der Waals surface area contributed by atoms with Crippen molar-refractivity contribution in [3.05, 3.63) is 0 Å². The third-order valence-electron chi connectivity index (χ3n) is 3.05. The van der Waals surface area contributed by atoms with Gasteiger partial charge in [-0.05, 0) is 25.8 Å². The maximum absolute atomic E-state index is 12.0. The van der Waals surface area contributed by atoms with Crippen LogP contribution in [0.15, 0.2) is 0 Å². The average Bonchev–Trinajstić information content (AvgIpc) is 2.74. The van der Waals surface area contributed by atoms with Gasteiger partial charge in [-0.15, -0.1) is 0 Å². The fraction of sp³-hybridized carbons (Fsp3) is 0.909. The molecule has 0 bridgehead atoms. The molecule has 1 aliphatic rings. The molecule has 1 aliphatic heterocycles. The topological polar surface area (TPSA) is 86.7 Å². The van der Waals surface area contributed by atoms with Crippen molar-refractivity contribution in [1.82, 2.24) is 9.62 Å². The van der Waals surface area contributed by atoms with Gasteiger partial charge >= 0.3 is 5.97 Å². The summed E-state index contributed by atoms with van der Waals surface area (Å²) >= 11 is 0. The number of nitrogens with one attached hydrogen (secondary N) is 1. The lowest BCUT2D eigenvalue weighted by molar-refractivity contribution is -0.134. The minimum absolute atomic E-state index is 0.158. The molecule has 1 fully saturated rings. The van der Waals surface area contributed by atoms with E-state index in [1.807, 2.05) is 6.92 Å². The van der Waals surface area contributed by atoms with Gasteiger partial charge in [0.2, 0.25) is 10.0 Å². The van der Waals surface area contributed by atoms with Crippen LogP contribution in [0.3, 0.4) is 0 Å². The van der Waals surface area contributed by atoms with Crippen molar-refractivity contribution in [2.45, 2.75) is 38.6 Å². The Morgan fingerprint density at radius 1 is 1.50 bits per heavy atom. The highest BCUT2D eigenvalue weighted by Crippen LogP contribution is 2.11. The Morgan fingerprint density at radius 3 is 2.72 bits per heavy atom. The number of aliphatic carboxylic acids is 1. The monoisotopic (exact) mass is 278 g/mol. The zero-order valence-electron chi connectivity index (χ0n) is 10.8. The van der Waals surface area contributed by atoms with Crippen molar-refractivity contribution in [2.75, 3.05) is 25.4 Å². The lowest BCUT2D eigenvalue weighted by Crippen LogP contribution is -2.43. The molecule has 0 aliphatic carbocycles. The Hall–Kier alpha value is -0.660. The summed E-state index contributed by atoms with van der Waals surface area (Å²) in [6, 6.07) is 0.158. The molecule has 1 unspecified atom stereocenters. The van der Waals surface area contributed by atoms with Crippen LogP contribution in [-0.4, -0.2) is 55.2 Å². The van der Waals surface area contributed by atoms with E-state index < -0.39 is 21.7 Å². The van der Waals surface area contributed by atoms with Gasteiger partial charge in [-0.2, -0.15) is 4.31 Å². The number of unbranched alkanes of at least 4 members (excludes halogenated alkanes) is 1. The Morgan fingerprint density at radius 2 is 2.22 bits per heavy atom. The first-order valence-electron chi connectivity index (χ1n) is 6.38. The molecule has 0 saturated carbocycles. The van der Waals surface area contributed by atoms with Gasteiger partial charge in [0.15, 0.2) is 5.75 Å². The van der Waals surface area contributed by atoms with E-state index in [0.717, 1.165) is 32.2 Å². The summed E-state index contributed by atoms with van der Waals surface area (Å²) in [4.78, 5) is 10.6. The summed E-state index contributed by atoms with van der Waals surface area (Å²) in [5, 5.41) is 11.9. The second kappa shape index (κ2) is 7.06. The van der Waals surface area contributed by atoms with Gasteiger partial charge in [0.1, 0.15) is 0 Å². The molecule has 106 valence electrons. The van der Waals surface area contributed by atoms with Crippen LogP contribution in [-0.2, 0) is 14.8 Å². The summed E-state index contributed by atoms with van der Waals surface area (Å²) in [5.74, 6) is -2.11. The molecule has 1 heterocycles. The van der Waals surface area contributed by atoms with Gasteiger partial charge in [0, 0.05) is 19.1 Å². The molecule has 2 N–H and O–H groups in total. The number of nitrogens with zero attached hydrogens (tertiary/aromatic N) is 1.